The minimum Gasteiger partial charge on any atom is -0.364 e. The minimum absolute atomic E-state index is 0.0407. The van der Waals surface area contributed by atoms with Gasteiger partial charge in [0.2, 0.25) is 5.82 Å². The fourth-order valence-corrected chi connectivity index (χ4v) is 1.93. The average Bonchev–Trinajstić information content (AvgIpc) is 2.40. The van der Waals surface area contributed by atoms with E-state index >= 15 is 0 Å². The van der Waals surface area contributed by atoms with Gasteiger partial charge in [0, 0.05) is 18.3 Å². The monoisotopic (exact) mass is 275 g/mol. The first-order chi connectivity index (χ1) is 9.59. The van der Waals surface area contributed by atoms with E-state index in [-0.39, 0.29) is 17.3 Å². The Bertz CT molecular complexity index is 632. The van der Waals surface area contributed by atoms with E-state index in [1.54, 1.807) is 31.2 Å². The number of rotatable bonds is 5. The summed E-state index contributed by atoms with van der Waals surface area (Å²) in [4.78, 5) is 14.5. The van der Waals surface area contributed by atoms with E-state index in [9.17, 15) is 14.5 Å². The van der Waals surface area contributed by atoms with Gasteiger partial charge in [0.25, 0.3) is 0 Å². The Morgan fingerprint density at radius 3 is 2.80 bits per heavy atom. The molecule has 104 valence electrons. The second-order valence-electron chi connectivity index (χ2n) is 4.35. The zero-order valence-electron chi connectivity index (χ0n) is 11.0. The fourth-order valence-electron chi connectivity index (χ4n) is 1.93. The molecule has 2 rings (SSSR count). The lowest BCUT2D eigenvalue weighted by molar-refractivity contribution is -0.384. The highest BCUT2D eigenvalue weighted by Gasteiger charge is 2.17. The Hall–Kier alpha value is -2.50. The Morgan fingerprint density at radius 2 is 2.10 bits per heavy atom. The van der Waals surface area contributed by atoms with Gasteiger partial charge in [-0.2, -0.15) is 0 Å². The molecule has 0 aliphatic heterocycles. The van der Waals surface area contributed by atoms with Gasteiger partial charge >= 0.3 is 5.69 Å². The van der Waals surface area contributed by atoms with Crippen LogP contribution in [0, 0.1) is 22.9 Å². The number of anilines is 1. The summed E-state index contributed by atoms with van der Waals surface area (Å²) in [6.07, 6.45) is 1.94. The number of nitro groups is 1. The summed E-state index contributed by atoms with van der Waals surface area (Å²) >= 11 is 0. The number of hydrogen-bond donors (Lipinski definition) is 1. The van der Waals surface area contributed by atoms with Crippen LogP contribution in [-0.2, 0) is 6.42 Å². The standard InChI is InChI=1S/C14H14FN3O2/c1-10-6-8-16-14(13(10)18(19)20)17-9-7-11-4-2-3-5-12(11)15/h2-6,8H,7,9H2,1H3,(H,16,17). The highest BCUT2D eigenvalue weighted by molar-refractivity contribution is 5.59. The number of hydrogen-bond acceptors (Lipinski definition) is 4. The molecule has 1 aromatic carbocycles. The first-order valence-electron chi connectivity index (χ1n) is 6.17. The van der Waals surface area contributed by atoms with E-state index in [2.05, 4.69) is 10.3 Å². The van der Waals surface area contributed by atoms with Crippen LogP contribution in [0.25, 0.3) is 0 Å². The van der Waals surface area contributed by atoms with Gasteiger partial charge in [0.1, 0.15) is 5.82 Å². The zero-order valence-corrected chi connectivity index (χ0v) is 11.0. The fraction of sp³-hybridized carbons (Fsp3) is 0.214. The van der Waals surface area contributed by atoms with E-state index in [1.165, 1.54) is 12.3 Å². The van der Waals surface area contributed by atoms with Crippen LogP contribution in [0.3, 0.4) is 0 Å². The first-order valence-corrected chi connectivity index (χ1v) is 6.17. The summed E-state index contributed by atoms with van der Waals surface area (Å²) in [5.74, 6) is -0.0626. The Balaban J connectivity index is 2.07. The third-order valence-corrected chi connectivity index (χ3v) is 2.95. The Labute approximate surface area is 115 Å². The molecule has 20 heavy (non-hydrogen) atoms. The maximum atomic E-state index is 13.4. The quantitative estimate of drug-likeness (QED) is 0.672. The SMILES string of the molecule is Cc1ccnc(NCCc2ccccc2F)c1[N+](=O)[O-]. The molecule has 0 amide bonds. The van der Waals surface area contributed by atoms with Crippen LogP contribution in [0.1, 0.15) is 11.1 Å². The summed E-state index contributed by atoms with van der Waals surface area (Å²) in [5.41, 5.74) is 1.06. The lowest BCUT2D eigenvalue weighted by atomic mass is 10.1. The van der Waals surface area contributed by atoms with Gasteiger partial charge in [0.15, 0.2) is 0 Å². The Morgan fingerprint density at radius 1 is 1.35 bits per heavy atom. The number of halogens is 1. The average molecular weight is 275 g/mol. The summed E-state index contributed by atoms with van der Waals surface area (Å²) in [6, 6.07) is 8.04. The molecule has 0 bridgehead atoms. The van der Waals surface area contributed by atoms with Crippen LogP contribution in [0.4, 0.5) is 15.9 Å². The summed E-state index contributed by atoms with van der Waals surface area (Å²) in [5, 5.41) is 13.9. The minimum atomic E-state index is -0.465. The number of aromatic nitrogens is 1. The molecular formula is C14H14FN3O2. The van der Waals surface area contributed by atoms with Crippen molar-refractivity contribution in [3.63, 3.8) is 0 Å². The van der Waals surface area contributed by atoms with Gasteiger partial charge < -0.3 is 5.32 Å². The van der Waals surface area contributed by atoms with Crippen molar-refractivity contribution in [1.29, 1.82) is 0 Å². The van der Waals surface area contributed by atoms with Crippen LogP contribution < -0.4 is 5.32 Å². The molecule has 0 fully saturated rings. The van der Waals surface area contributed by atoms with Crippen molar-refractivity contribution >= 4 is 11.5 Å². The predicted octanol–water partition coefficient (Wildman–Crippen LogP) is 3.09. The number of nitrogens with zero attached hydrogens (tertiary/aromatic N) is 2. The van der Waals surface area contributed by atoms with Gasteiger partial charge in [-0.15, -0.1) is 0 Å². The van der Waals surface area contributed by atoms with E-state index in [0.29, 0.717) is 24.1 Å². The number of aryl methyl sites for hydroxylation is 1. The van der Waals surface area contributed by atoms with E-state index in [1.807, 2.05) is 0 Å². The molecule has 1 aromatic heterocycles. The molecule has 1 heterocycles. The highest BCUT2D eigenvalue weighted by atomic mass is 19.1. The van der Waals surface area contributed by atoms with Gasteiger partial charge in [-0.1, -0.05) is 18.2 Å². The van der Waals surface area contributed by atoms with Crippen molar-refractivity contribution in [2.75, 3.05) is 11.9 Å². The maximum Gasteiger partial charge on any atom is 0.314 e. The molecule has 0 saturated heterocycles. The molecule has 0 saturated carbocycles. The number of benzene rings is 1. The molecule has 0 spiro atoms. The van der Waals surface area contributed by atoms with Crippen molar-refractivity contribution in [3.05, 3.63) is 63.6 Å². The van der Waals surface area contributed by atoms with Crippen LogP contribution >= 0.6 is 0 Å². The molecule has 5 nitrogen and oxygen atoms in total. The molecule has 1 N–H and O–H groups in total. The topological polar surface area (TPSA) is 68.1 Å². The van der Waals surface area contributed by atoms with Crippen molar-refractivity contribution in [2.45, 2.75) is 13.3 Å². The normalized spacial score (nSPS) is 10.3. The van der Waals surface area contributed by atoms with E-state index < -0.39 is 4.92 Å². The largest absolute Gasteiger partial charge is 0.364 e. The van der Waals surface area contributed by atoms with E-state index in [4.69, 9.17) is 0 Å². The zero-order chi connectivity index (χ0) is 14.5. The number of pyridine rings is 1. The molecule has 2 aromatic rings. The van der Waals surface area contributed by atoms with Gasteiger partial charge in [-0.25, -0.2) is 9.37 Å². The second kappa shape index (κ2) is 6.10. The smallest absolute Gasteiger partial charge is 0.314 e. The van der Waals surface area contributed by atoms with Crippen molar-refractivity contribution in [3.8, 4) is 0 Å². The van der Waals surface area contributed by atoms with Gasteiger partial charge in [-0.3, -0.25) is 10.1 Å². The number of nitrogens with one attached hydrogen (secondary N) is 1. The van der Waals surface area contributed by atoms with Crippen molar-refractivity contribution in [1.82, 2.24) is 4.98 Å². The predicted molar refractivity (Wildman–Crippen MR) is 74.2 cm³/mol. The lowest BCUT2D eigenvalue weighted by Crippen LogP contribution is -2.10. The van der Waals surface area contributed by atoms with Crippen LogP contribution in [-0.4, -0.2) is 16.5 Å². The lowest BCUT2D eigenvalue weighted by Gasteiger charge is -2.08. The second-order valence-corrected chi connectivity index (χ2v) is 4.35. The summed E-state index contributed by atoms with van der Waals surface area (Å²) < 4.78 is 13.4. The van der Waals surface area contributed by atoms with Crippen LogP contribution in [0.2, 0.25) is 0 Å². The summed E-state index contributed by atoms with van der Waals surface area (Å²) in [7, 11) is 0. The van der Waals surface area contributed by atoms with Gasteiger partial charge in [-0.05, 0) is 31.0 Å². The summed E-state index contributed by atoms with van der Waals surface area (Å²) in [6.45, 7) is 2.03. The van der Waals surface area contributed by atoms with Crippen LogP contribution in [0.15, 0.2) is 36.5 Å². The first kappa shape index (κ1) is 13.9. The molecule has 0 aliphatic carbocycles. The van der Waals surface area contributed by atoms with Crippen LogP contribution in [0.5, 0.6) is 0 Å². The molecule has 0 aliphatic rings. The third-order valence-electron chi connectivity index (χ3n) is 2.95. The van der Waals surface area contributed by atoms with Gasteiger partial charge in [0.05, 0.1) is 4.92 Å². The molecule has 0 radical (unpaired) electrons. The maximum absolute atomic E-state index is 13.4. The van der Waals surface area contributed by atoms with Crippen molar-refractivity contribution in [2.24, 2.45) is 0 Å². The Kier molecular flexibility index (Phi) is 4.24. The third kappa shape index (κ3) is 3.09. The molecular weight excluding hydrogens is 261 g/mol. The highest BCUT2D eigenvalue weighted by Crippen LogP contribution is 2.25. The van der Waals surface area contributed by atoms with Crippen molar-refractivity contribution < 1.29 is 9.31 Å². The van der Waals surface area contributed by atoms with E-state index in [0.717, 1.165) is 0 Å². The molecule has 6 heteroatoms. The molecule has 0 unspecified atom stereocenters. The molecule has 0 atom stereocenters.